The van der Waals surface area contributed by atoms with E-state index in [9.17, 15) is 28.7 Å². The number of halogens is 3. The van der Waals surface area contributed by atoms with E-state index in [2.05, 4.69) is 0 Å². The highest BCUT2D eigenvalue weighted by Gasteiger charge is 2.77. The Kier molecular flexibility index (Phi) is 6.28. The number of phenolic OH excluding ortho intramolecular Hbond substituents is 1. The fourth-order valence-corrected chi connectivity index (χ4v) is 8.73. The molecule has 4 amide bonds. The molecule has 1 saturated carbocycles. The summed E-state index contributed by atoms with van der Waals surface area (Å²) < 4.78 is 13.8. The number of nitrogens with zero attached hydrogens (tertiary/aromatic N) is 2. The number of carbonyl (C=O) groups excluding carboxylic acids is 4. The van der Waals surface area contributed by atoms with Gasteiger partial charge in [-0.05, 0) is 66.3 Å². The molecule has 6 unspecified atom stereocenters. The zero-order valence-electron chi connectivity index (χ0n) is 23.1. The van der Waals surface area contributed by atoms with Gasteiger partial charge in [-0.1, -0.05) is 48.9 Å². The van der Waals surface area contributed by atoms with Crippen molar-refractivity contribution in [2.75, 3.05) is 11.4 Å². The third-order valence-corrected chi connectivity index (χ3v) is 11.1. The maximum absolute atomic E-state index is 14.5. The number of anilines is 1. The molecule has 6 atom stereocenters. The average molecular weight is 621 g/mol. The molecular formula is C33H27Cl2FN2O5. The van der Waals surface area contributed by atoms with Crippen LogP contribution in [-0.4, -0.2) is 49.9 Å². The van der Waals surface area contributed by atoms with Crippen molar-refractivity contribution in [1.82, 2.24) is 4.90 Å². The molecule has 220 valence electrons. The second-order valence-corrected chi connectivity index (χ2v) is 13.0. The van der Waals surface area contributed by atoms with Gasteiger partial charge in [0.1, 0.15) is 11.6 Å². The number of allylic oxidation sites excluding steroid dienone is 2. The molecule has 0 bridgehead atoms. The van der Waals surface area contributed by atoms with E-state index >= 15 is 0 Å². The summed E-state index contributed by atoms with van der Waals surface area (Å²) >= 11 is 14.8. The lowest BCUT2D eigenvalue weighted by Gasteiger charge is -2.51. The minimum Gasteiger partial charge on any atom is -0.508 e. The first kappa shape index (κ1) is 28.0. The second kappa shape index (κ2) is 9.63. The van der Waals surface area contributed by atoms with Crippen LogP contribution in [0.25, 0.3) is 10.8 Å². The molecule has 43 heavy (non-hydrogen) atoms. The van der Waals surface area contributed by atoms with Gasteiger partial charge >= 0.3 is 0 Å². The fraction of sp³-hybridized carbons (Fsp3) is 0.333. The Balaban J connectivity index is 1.49. The molecule has 0 spiro atoms. The minimum atomic E-state index is -2.12. The van der Waals surface area contributed by atoms with Crippen molar-refractivity contribution < 1.29 is 28.7 Å². The molecule has 3 aromatic rings. The average Bonchev–Trinajstić information content (AvgIpc) is 3.32. The number of phenols is 1. The summed E-state index contributed by atoms with van der Waals surface area (Å²) in [5, 5.41) is 12.8. The Morgan fingerprint density at radius 2 is 1.65 bits per heavy atom. The number of benzene rings is 3. The number of hydrogen-bond donors (Lipinski definition) is 1. The van der Waals surface area contributed by atoms with Crippen molar-refractivity contribution in [1.29, 1.82) is 0 Å². The van der Waals surface area contributed by atoms with Crippen molar-refractivity contribution in [2.24, 2.45) is 17.8 Å². The van der Waals surface area contributed by atoms with E-state index in [0.29, 0.717) is 22.9 Å². The Bertz CT molecular complexity index is 1780. The summed E-state index contributed by atoms with van der Waals surface area (Å²) in [6.07, 6.45) is 2.51. The molecule has 7 nitrogen and oxygen atoms in total. The highest BCUT2D eigenvalue weighted by atomic mass is 35.5. The van der Waals surface area contributed by atoms with Crippen molar-refractivity contribution in [3.8, 4) is 5.75 Å². The third-order valence-electron chi connectivity index (χ3n) is 9.67. The Labute approximate surface area is 256 Å². The summed E-state index contributed by atoms with van der Waals surface area (Å²) in [5.74, 6) is -6.13. The van der Waals surface area contributed by atoms with Crippen LogP contribution < -0.4 is 4.90 Å². The van der Waals surface area contributed by atoms with Crippen molar-refractivity contribution in [2.45, 2.75) is 41.9 Å². The van der Waals surface area contributed by atoms with E-state index in [1.807, 2.05) is 25.1 Å². The summed E-state index contributed by atoms with van der Waals surface area (Å²) in [5.41, 5.74) is 1.01. The Morgan fingerprint density at radius 3 is 2.37 bits per heavy atom. The molecule has 2 aliphatic carbocycles. The van der Waals surface area contributed by atoms with Crippen LogP contribution in [0.2, 0.25) is 0 Å². The smallest absolute Gasteiger partial charge is 0.258 e. The first-order valence-electron chi connectivity index (χ1n) is 14.3. The predicted octanol–water partition coefficient (Wildman–Crippen LogP) is 5.66. The lowest BCUT2D eigenvalue weighted by atomic mass is 9.56. The van der Waals surface area contributed by atoms with E-state index in [4.69, 9.17) is 23.2 Å². The summed E-state index contributed by atoms with van der Waals surface area (Å²) in [4.78, 5) is 54.0. The highest BCUT2D eigenvalue weighted by molar-refractivity contribution is 6.58. The first-order valence-corrected chi connectivity index (χ1v) is 15.1. The largest absolute Gasteiger partial charge is 0.508 e. The quantitative estimate of drug-likeness (QED) is 0.231. The van der Waals surface area contributed by atoms with Gasteiger partial charge in [0, 0.05) is 18.0 Å². The highest BCUT2D eigenvalue weighted by Crippen LogP contribution is 2.67. The van der Waals surface area contributed by atoms with Gasteiger partial charge in [-0.2, -0.15) is 0 Å². The fourth-order valence-electron chi connectivity index (χ4n) is 7.81. The maximum Gasteiger partial charge on any atom is 0.258 e. The third kappa shape index (κ3) is 3.59. The zero-order valence-corrected chi connectivity index (χ0v) is 24.6. The van der Waals surface area contributed by atoms with Crippen LogP contribution in [0.1, 0.15) is 37.7 Å². The molecule has 3 aromatic carbocycles. The molecule has 10 heteroatoms. The van der Waals surface area contributed by atoms with Crippen LogP contribution in [0.3, 0.4) is 0 Å². The van der Waals surface area contributed by atoms with Crippen LogP contribution in [0.15, 0.2) is 72.3 Å². The Hall–Kier alpha value is -3.75. The minimum absolute atomic E-state index is 0.0998. The topological polar surface area (TPSA) is 95.0 Å². The molecule has 0 aromatic heterocycles. The van der Waals surface area contributed by atoms with Crippen LogP contribution in [-0.2, 0) is 19.2 Å². The molecule has 3 fully saturated rings. The van der Waals surface area contributed by atoms with Crippen molar-refractivity contribution in [3.05, 3.63) is 83.7 Å². The number of rotatable bonds is 4. The predicted molar refractivity (Wildman–Crippen MR) is 159 cm³/mol. The van der Waals surface area contributed by atoms with Crippen LogP contribution in [0, 0.1) is 23.6 Å². The van der Waals surface area contributed by atoms with Gasteiger partial charge < -0.3 is 5.11 Å². The van der Waals surface area contributed by atoms with Crippen LogP contribution in [0.4, 0.5) is 10.1 Å². The standard InChI is InChI=1S/C33H27Cl2FN2O5/c1-2-15-37-28(40)22-13-12-21-23(25(22)29(37)41)16-32(34)30(42)38(19-10-8-18(36)9-11-19)31(43)33(32,35)27(21)26-20-6-4-3-5-17(20)7-14-24(26)39/h3-12,14,22-23,25,27,39H,2,13,15-16H2,1H3. The maximum atomic E-state index is 14.5. The second-order valence-electron chi connectivity index (χ2n) is 11.8. The van der Waals surface area contributed by atoms with E-state index in [0.717, 1.165) is 22.4 Å². The van der Waals surface area contributed by atoms with E-state index in [-0.39, 0.29) is 42.6 Å². The van der Waals surface area contributed by atoms with Gasteiger partial charge in [0.2, 0.25) is 11.8 Å². The van der Waals surface area contributed by atoms with Gasteiger partial charge in [0.15, 0.2) is 9.75 Å². The zero-order chi connectivity index (χ0) is 30.4. The summed E-state index contributed by atoms with van der Waals surface area (Å²) in [6, 6.07) is 15.4. The SMILES string of the molecule is CCCN1C(=O)C2CC=C3C(CC4(Cl)C(=O)N(c5ccc(F)cc5)C(=O)C4(Cl)C3c3c(O)ccc4ccccc34)C2C1=O. The summed E-state index contributed by atoms with van der Waals surface area (Å²) in [6.45, 7) is 2.16. The monoisotopic (exact) mass is 620 g/mol. The number of hydrogen-bond acceptors (Lipinski definition) is 5. The van der Waals surface area contributed by atoms with Gasteiger partial charge in [0.25, 0.3) is 11.8 Å². The number of amides is 4. The van der Waals surface area contributed by atoms with Crippen molar-refractivity contribution >= 4 is 63.3 Å². The molecule has 0 radical (unpaired) electrons. The molecule has 1 N–H and O–H groups in total. The number of aromatic hydroxyl groups is 1. The number of carbonyl (C=O) groups is 4. The molecule has 2 heterocycles. The molecular weight excluding hydrogens is 594 g/mol. The Morgan fingerprint density at radius 1 is 0.930 bits per heavy atom. The van der Waals surface area contributed by atoms with Gasteiger partial charge in [-0.25, -0.2) is 9.29 Å². The van der Waals surface area contributed by atoms with Crippen molar-refractivity contribution in [3.63, 3.8) is 0 Å². The van der Waals surface area contributed by atoms with Crippen LogP contribution in [0.5, 0.6) is 5.75 Å². The summed E-state index contributed by atoms with van der Waals surface area (Å²) in [7, 11) is 0. The van der Waals surface area contributed by atoms with Crippen LogP contribution >= 0.6 is 23.2 Å². The molecule has 4 aliphatic rings. The van der Waals surface area contributed by atoms with Gasteiger partial charge in [-0.3, -0.25) is 24.1 Å². The normalized spacial score (nSPS) is 31.8. The lowest BCUT2D eigenvalue weighted by Crippen LogP contribution is -2.60. The van der Waals surface area contributed by atoms with E-state index in [1.165, 1.54) is 23.1 Å². The number of fused-ring (bicyclic) bond motifs is 5. The molecule has 2 saturated heterocycles. The first-order chi connectivity index (χ1) is 20.5. The molecule has 2 aliphatic heterocycles. The lowest BCUT2D eigenvalue weighted by molar-refractivity contribution is -0.140. The number of imide groups is 2. The van der Waals surface area contributed by atoms with Gasteiger partial charge in [-0.15, -0.1) is 23.2 Å². The number of likely N-dealkylation sites (tertiary alicyclic amines) is 1. The number of alkyl halides is 2. The van der Waals surface area contributed by atoms with E-state index in [1.54, 1.807) is 18.2 Å². The molecule has 7 rings (SSSR count). The van der Waals surface area contributed by atoms with E-state index < -0.39 is 51.1 Å². The van der Waals surface area contributed by atoms with Gasteiger partial charge in [0.05, 0.1) is 17.5 Å².